The van der Waals surface area contributed by atoms with Crippen molar-refractivity contribution in [3.05, 3.63) is 24.0 Å². The predicted molar refractivity (Wildman–Crippen MR) is 41.3 cm³/mol. The first-order valence-electron chi connectivity index (χ1n) is 2.59. The first-order chi connectivity index (χ1) is 4.34. The van der Waals surface area contributed by atoms with Gasteiger partial charge >= 0.3 is 0 Å². The number of hydrogen-bond donors (Lipinski definition) is 1. The molecule has 0 saturated carbocycles. The van der Waals surface area contributed by atoms with Crippen LogP contribution in [0.1, 0.15) is 5.56 Å². The van der Waals surface area contributed by atoms with Crippen LogP contribution in [0.3, 0.4) is 0 Å². The number of alkyl halides is 1. The zero-order valence-electron chi connectivity index (χ0n) is 4.84. The second-order valence-corrected chi connectivity index (χ2v) is 2.27. The van der Waals surface area contributed by atoms with E-state index in [0.29, 0.717) is 0 Å². The summed E-state index contributed by atoms with van der Waals surface area (Å²) in [6.45, 7) is 0. The molecule has 0 saturated heterocycles. The van der Waals surface area contributed by atoms with Crippen LogP contribution in [0.25, 0.3) is 0 Å². The van der Waals surface area contributed by atoms with Crippen LogP contribution in [0.5, 0.6) is 0 Å². The van der Waals surface area contributed by atoms with Gasteiger partial charge in [0.25, 0.3) is 0 Å². The number of nitrogens with two attached hydrogens (primary N) is 1. The number of halogens is 1. The van der Waals surface area contributed by atoms with Crippen molar-refractivity contribution in [2.24, 2.45) is 0 Å². The second-order valence-electron chi connectivity index (χ2n) is 1.71. The van der Waals surface area contributed by atoms with E-state index >= 15 is 0 Å². The number of pyridine rings is 1. The lowest BCUT2D eigenvalue weighted by Gasteiger charge is -1.96. The van der Waals surface area contributed by atoms with Crippen LogP contribution in [-0.4, -0.2) is 4.98 Å². The third-order valence-electron chi connectivity index (χ3n) is 1.09. The minimum absolute atomic E-state index is 0.771. The van der Waals surface area contributed by atoms with Gasteiger partial charge in [-0.15, -0.1) is 0 Å². The third kappa shape index (κ3) is 1.42. The molecule has 0 unspecified atom stereocenters. The van der Waals surface area contributed by atoms with Crippen molar-refractivity contribution in [2.45, 2.75) is 5.33 Å². The first kappa shape index (κ1) is 6.55. The molecule has 0 spiro atoms. The fraction of sp³-hybridized carbons (Fsp3) is 0.167. The summed E-state index contributed by atoms with van der Waals surface area (Å²) in [5.41, 5.74) is 7.39. The number of hydrogen-bond acceptors (Lipinski definition) is 2. The van der Waals surface area contributed by atoms with Crippen LogP contribution >= 0.6 is 15.9 Å². The van der Waals surface area contributed by atoms with Crippen LogP contribution < -0.4 is 5.73 Å². The van der Waals surface area contributed by atoms with Gasteiger partial charge in [0.15, 0.2) is 0 Å². The lowest BCUT2D eigenvalue weighted by atomic mass is 10.3. The van der Waals surface area contributed by atoms with Crippen molar-refractivity contribution < 1.29 is 0 Å². The largest absolute Gasteiger partial charge is 0.398 e. The molecule has 2 nitrogen and oxygen atoms in total. The molecule has 0 aliphatic rings. The Hall–Kier alpha value is -0.570. The van der Waals surface area contributed by atoms with Crippen molar-refractivity contribution in [2.75, 3.05) is 5.73 Å². The van der Waals surface area contributed by atoms with Gasteiger partial charge in [-0.3, -0.25) is 4.98 Å². The van der Waals surface area contributed by atoms with Crippen molar-refractivity contribution in [3.63, 3.8) is 0 Å². The highest BCUT2D eigenvalue weighted by atomic mass is 79.9. The normalized spacial score (nSPS) is 9.44. The van der Waals surface area contributed by atoms with Crippen molar-refractivity contribution >= 4 is 21.6 Å². The number of aromatic nitrogens is 1. The molecular weight excluding hydrogens is 180 g/mol. The van der Waals surface area contributed by atoms with Gasteiger partial charge in [0.2, 0.25) is 0 Å². The second kappa shape index (κ2) is 2.82. The fourth-order valence-corrected chi connectivity index (χ4v) is 1.02. The molecule has 3 heteroatoms. The van der Waals surface area contributed by atoms with E-state index in [4.69, 9.17) is 5.73 Å². The van der Waals surface area contributed by atoms with E-state index in [-0.39, 0.29) is 0 Å². The van der Waals surface area contributed by atoms with Gasteiger partial charge in [0.05, 0.1) is 0 Å². The molecule has 0 atom stereocenters. The van der Waals surface area contributed by atoms with Crippen LogP contribution in [0.4, 0.5) is 5.69 Å². The summed E-state index contributed by atoms with van der Waals surface area (Å²) in [5.74, 6) is 0. The van der Waals surface area contributed by atoms with Crippen molar-refractivity contribution in [1.29, 1.82) is 0 Å². The maximum atomic E-state index is 5.56. The summed E-state index contributed by atoms with van der Waals surface area (Å²) >= 11 is 3.29. The van der Waals surface area contributed by atoms with Gasteiger partial charge in [-0.1, -0.05) is 15.9 Å². The highest BCUT2D eigenvalue weighted by Crippen LogP contribution is 2.11. The molecule has 0 aliphatic heterocycles. The Balaban J connectivity index is 3.01. The van der Waals surface area contributed by atoms with E-state index in [9.17, 15) is 0 Å². The summed E-state index contributed by atoms with van der Waals surface area (Å²) in [6.07, 6.45) is 3.44. The minimum atomic E-state index is 0.771. The molecule has 48 valence electrons. The highest BCUT2D eigenvalue weighted by Gasteiger charge is 1.92. The zero-order chi connectivity index (χ0) is 6.69. The Bertz CT molecular complexity index is 200. The van der Waals surface area contributed by atoms with Crippen molar-refractivity contribution in [3.8, 4) is 0 Å². The van der Waals surface area contributed by atoms with Crippen LogP contribution in [0.2, 0.25) is 0 Å². The molecule has 0 aromatic carbocycles. The summed E-state index contributed by atoms with van der Waals surface area (Å²) in [5, 5.41) is 0.771. The molecule has 1 heterocycles. The summed E-state index contributed by atoms with van der Waals surface area (Å²) < 4.78 is 0. The van der Waals surface area contributed by atoms with Gasteiger partial charge in [-0.25, -0.2) is 0 Å². The predicted octanol–water partition coefficient (Wildman–Crippen LogP) is 1.56. The Morgan fingerprint density at radius 2 is 2.44 bits per heavy atom. The lowest BCUT2D eigenvalue weighted by Crippen LogP contribution is -1.90. The molecule has 2 N–H and O–H groups in total. The number of nitrogens with zero attached hydrogens (tertiary/aromatic N) is 1. The summed E-state index contributed by atoms with van der Waals surface area (Å²) in [6, 6.07) is 1.79. The average Bonchev–Trinajstić information content (AvgIpc) is 1.89. The highest BCUT2D eigenvalue weighted by molar-refractivity contribution is 9.08. The zero-order valence-corrected chi connectivity index (χ0v) is 6.43. The molecule has 1 rings (SSSR count). The molecule has 1 aromatic heterocycles. The average molecular weight is 187 g/mol. The Labute approximate surface area is 62.2 Å². The van der Waals surface area contributed by atoms with Crippen LogP contribution in [-0.2, 0) is 5.33 Å². The molecule has 0 radical (unpaired) electrons. The number of nitrogen functional groups attached to an aromatic ring is 1. The van der Waals surface area contributed by atoms with E-state index in [1.165, 1.54) is 0 Å². The summed E-state index contributed by atoms with van der Waals surface area (Å²) in [7, 11) is 0. The Morgan fingerprint density at radius 1 is 1.67 bits per heavy atom. The number of anilines is 1. The third-order valence-corrected chi connectivity index (χ3v) is 1.69. The number of rotatable bonds is 1. The van der Waals surface area contributed by atoms with E-state index in [0.717, 1.165) is 16.6 Å². The van der Waals surface area contributed by atoms with Crippen LogP contribution in [0.15, 0.2) is 18.5 Å². The van der Waals surface area contributed by atoms with Gasteiger partial charge in [-0.05, 0) is 6.07 Å². The molecule has 0 fully saturated rings. The van der Waals surface area contributed by atoms with Gasteiger partial charge < -0.3 is 5.73 Å². The van der Waals surface area contributed by atoms with E-state index < -0.39 is 0 Å². The Morgan fingerprint density at radius 3 is 2.89 bits per heavy atom. The quantitative estimate of drug-likeness (QED) is 0.677. The standard InChI is InChI=1S/C6H7BrN2/c7-3-5-4-9-2-1-6(5)8/h1-2,4H,3H2,(H2,8,9). The lowest BCUT2D eigenvalue weighted by molar-refractivity contribution is 1.26. The molecule has 0 amide bonds. The maximum absolute atomic E-state index is 5.56. The van der Waals surface area contributed by atoms with Gasteiger partial charge in [0.1, 0.15) is 0 Å². The Kier molecular flexibility index (Phi) is 2.05. The molecule has 0 aliphatic carbocycles. The molecule has 9 heavy (non-hydrogen) atoms. The van der Waals surface area contributed by atoms with E-state index in [1.54, 1.807) is 18.5 Å². The molecular formula is C6H7BrN2. The topological polar surface area (TPSA) is 38.9 Å². The van der Waals surface area contributed by atoms with Crippen LogP contribution in [0, 0.1) is 0 Å². The smallest absolute Gasteiger partial charge is 0.0386 e. The van der Waals surface area contributed by atoms with E-state index in [1.807, 2.05) is 0 Å². The summed E-state index contributed by atoms with van der Waals surface area (Å²) in [4.78, 5) is 3.91. The SMILES string of the molecule is Nc1ccncc1CBr. The molecule has 0 bridgehead atoms. The van der Waals surface area contributed by atoms with Crippen molar-refractivity contribution in [1.82, 2.24) is 4.98 Å². The van der Waals surface area contributed by atoms with Gasteiger partial charge in [0, 0.05) is 29.0 Å². The maximum Gasteiger partial charge on any atom is 0.0386 e. The first-order valence-corrected chi connectivity index (χ1v) is 3.71. The fourth-order valence-electron chi connectivity index (χ4n) is 0.550. The molecule has 1 aromatic rings. The monoisotopic (exact) mass is 186 g/mol. The minimum Gasteiger partial charge on any atom is -0.398 e. The van der Waals surface area contributed by atoms with Gasteiger partial charge in [-0.2, -0.15) is 0 Å². The van der Waals surface area contributed by atoms with E-state index in [2.05, 4.69) is 20.9 Å².